The fraction of sp³-hybridized carbons (Fsp3) is 0.286. The van der Waals surface area contributed by atoms with Gasteiger partial charge in [0.25, 0.3) is 0 Å². The van der Waals surface area contributed by atoms with Crippen LogP contribution in [0.2, 0.25) is 0 Å². The molecule has 2 N–H and O–H groups in total. The summed E-state index contributed by atoms with van der Waals surface area (Å²) in [4.78, 5) is 0. The number of aryl methyl sites for hydroxylation is 1. The van der Waals surface area contributed by atoms with Crippen molar-refractivity contribution in [2.45, 2.75) is 45.3 Å². The molecular formula is C28H30O4. The maximum absolute atomic E-state index is 11.3. The van der Waals surface area contributed by atoms with Gasteiger partial charge in [0.2, 0.25) is 6.29 Å². The van der Waals surface area contributed by atoms with Gasteiger partial charge in [0.05, 0.1) is 5.39 Å². The molecule has 166 valence electrons. The van der Waals surface area contributed by atoms with E-state index in [2.05, 4.69) is 26.0 Å². The first-order valence-corrected chi connectivity index (χ1v) is 11.2. The van der Waals surface area contributed by atoms with E-state index in [9.17, 15) is 10.2 Å². The van der Waals surface area contributed by atoms with Crippen molar-refractivity contribution in [1.82, 2.24) is 0 Å². The van der Waals surface area contributed by atoms with Crippen molar-refractivity contribution in [1.29, 1.82) is 0 Å². The Morgan fingerprint density at radius 1 is 0.812 bits per heavy atom. The number of aromatic hydroxyl groups is 2. The lowest BCUT2D eigenvalue weighted by Crippen LogP contribution is -2.26. The first-order chi connectivity index (χ1) is 15.6. The molecule has 0 aliphatic rings. The molecule has 4 aromatic rings. The summed E-state index contributed by atoms with van der Waals surface area (Å²) >= 11 is 0. The standard InChI is InChI=1S/C28H30O4/c1-4-5-11-20-16-17-23-24(26(30)22-15-10-9-14-21(22)25(23)29)27(20)32-28(31-3)18(2)19-12-7-6-8-13-19/h6-10,12-18,28-30H,4-5,11H2,1-3H3. The van der Waals surface area contributed by atoms with Crippen LogP contribution in [0.3, 0.4) is 0 Å². The third kappa shape index (κ3) is 3.98. The van der Waals surface area contributed by atoms with Gasteiger partial charge >= 0.3 is 0 Å². The summed E-state index contributed by atoms with van der Waals surface area (Å²) in [6, 6.07) is 21.3. The summed E-state index contributed by atoms with van der Waals surface area (Å²) in [5.41, 5.74) is 2.10. The predicted octanol–water partition coefficient (Wildman–Crippen LogP) is 6.90. The zero-order chi connectivity index (χ0) is 22.7. The van der Waals surface area contributed by atoms with E-state index in [4.69, 9.17) is 9.47 Å². The Labute approximate surface area is 189 Å². The highest BCUT2D eigenvalue weighted by Gasteiger charge is 2.25. The number of hydrogen-bond acceptors (Lipinski definition) is 4. The van der Waals surface area contributed by atoms with Crippen LogP contribution in [0.4, 0.5) is 0 Å². The lowest BCUT2D eigenvalue weighted by atomic mass is 9.95. The molecule has 2 unspecified atom stereocenters. The highest BCUT2D eigenvalue weighted by Crippen LogP contribution is 2.47. The highest BCUT2D eigenvalue weighted by atomic mass is 16.7. The Morgan fingerprint density at radius 3 is 2.12 bits per heavy atom. The average molecular weight is 431 g/mol. The third-order valence-electron chi connectivity index (χ3n) is 6.17. The van der Waals surface area contributed by atoms with Crippen molar-refractivity contribution in [3.05, 3.63) is 77.9 Å². The zero-order valence-corrected chi connectivity index (χ0v) is 18.8. The van der Waals surface area contributed by atoms with E-state index in [1.165, 1.54) is 0 Å². The van der Waals surface area contributed by atoms with Gasteiger partial charge in [0.1, 0.15) is 17.2 Å². The maximum atomic E-state index is 11.3. The average Bonchev–Trinajstić information content (AvgIpc) is 2.84. The van der Waals surface area contributed by atoms with Crippen LogP contribution in [0, 0.1) is 0 Å². The summed E-state index contributed by atoms with van der Waals surface area (Å²) in [6.07, 6.45) is 2.29. The largest absolute Gasteiger partial charge is 0.507 e. The van der Waals surface area contributed by atoms with Crippen LogP contribution in [0.1, 0.15) is 43.7 Å². The smallest absolute Gasteiger partial charge is 0.206 e. The van der Waals surface area contributed by atoms with Crippen LogP contribution in [0.15, 0.2) is 66.7 Å². The molecular weight excluding hydrogens is 400 g/mol. The maximum Gasteiger partial charge on any atom is 0.206 e. The van der Waals surface area contributed by atoms with Crippen molar-refractivity contribution in [2.75, 3.05) is 7.11 Å². The molecule has 0 bridgehead atoms. The molecule has 0 fully saturated rings. The van der Waals surface area contributed by atoms with Gasteiger partial charge in [-0.2, -0.15) is 0 Å². The number of benzene rings is 4. The van der Waals surface area contributed by atoms with E-state index in [1.54, 1.807) is 7.11 Å². The van der Waals surface area contributed by atoms with Gasteiger partial charge in [0.15, 0.2) is 0 Å². The molecule has 0 saturated carbocycles. The number of methoxy groups -OCH3 is 1. The second kappa shape index (κ2) is 9.49. The van der Waals surface area contributed by atoms with Crippen molar-refractivity contribution < 1.29 is 19.7 Å². The van der Waals surface area contributed by atoms with Crippen LogP contribution in [-0.4, -0.2) is 23.6 Å². The normalized spacial score (nSPS) is 13.3. The van der Waals surface area contributed by atoms with Crippen molar-refractivity contribution in [3.8, 4) is 17.2 Å². The molecule has 32 heavy (non-hydrogen) atoms. The van der Waals surface area contributed by atoms with Crippen LogP contribution in [0.25, 0.3) is 21.5 Å². The Morgan fingerprint density at radius 2 is 1.47 bits per heavy atom. The van der Waals surface area contributed by atoms with E-state index >= 15 is 0 Å². The summed E-state index contributed by atoms with van der Waals surface area (Å²) in [5.74, 6) is 0.796. The first-order valence-electron chi connectivity index (χ1n) is 11.2. The number of fused-ring (bicyclic) bond motifs is 2. The van der Waals surface area contributed by atoms with Gasteiger partial charge in [-0.25, -0.2) is 0 Å². The fourth-order valence-electron chi connectivity index (χ4n) is 4.32. The Bertz CT molecular complexity index is 1220. The molecule has 0 aliphatic heterocycles. The van der Waals surface area contributed by atoms with Crippen molar-refractivity contribution in [3.63, 3.8) is 0 Å². The molecule has 0 aliphatic carbocycles. The van der Waals surface area contributed by atoms with Crippen LogP contribution < -0.4 is 4.74 Å². The van der Waals surface area contributed by atoms with Gasteiger partial charge in [0, 0.05) is 29.2 Å². The van der Waals surface area contributed by atoms with Crippen molar-refractivity contribution >= 4 is 21.5 Å². The molecule has 4 aromatic carbocycles. The lowest BCUT2D eigenvalue weighted by Gasteiger charge is -2.27. The quantitative estimate of drug-likeness (QED) is 0.181. The number of hydrogen-bond donors (Lipinski definition) is 2. The molecule has 0 spiro atoms. The van der Waals surface area contributed by atoms with Gasteiger partial charge in [-0.15, -0.1) is 0 Å². The highest BCUT2D eigenvalue weighted by molar-refractivity contribution is 6.13. The zero-order valence-electron chi connectivity index (χ0n) is 18.8. The van der Waals surface area contributed by atoms with E-state index < -0.39 is 6.29 Å². The van der Waals surface area contributed by atoms with E-state index in [0.717, 1.165) is 30.4 Å². The van der Waals surface area contributed by atoms with Crippen LogP contribution >= 0.6 is 0 Å². The minimum atomic E-state index is -0.559. The van der Waals surface area contributed by atoms with Gasteiger partial charge in [-0.1, -0.05) is 80.9 Å². The van der Waals surface area contributed by atoms with E-state index in [-0.39, 0.29) is 17.4 Å². The Hall–Kier alpha value is -3.24. The monoisotopic (exact) mass is 430 g/mol. The summed E-state index contributed by atoms with van der Waals surface area (Å²) in [5, 5.41) is 24.6. The third-order valence-corrected chi connectivity index (χ3v) is 6.17. The molecule has 4 nitrogen and oxygen atoms in total. The van der Waals surface area contributed by atoms with E-state index in [1.807, 2.05) is 54.6 Å². The van der Waals surface area contributed by atoms with Gasteiger partial charge < -0.3 is 19.7 Å². The Kier molecular flexibility index (Phi) is 6.52. The molecule has 0 aromatic heterocycles. The summed E-state index contributed by atoms with van der Waals surface area (Å²) in [6.45, 7) is 4.21. The fourth-order valence-corrected chi connectivity index (χ4v) is 4.32. The minimum absolute atomic E-state index is 0.0355. The summed E-state index contributed by atoms with van der Waals surface area (Å²) < 4.78 is 12.3. The molecule has 2 atom stereocenters. The number of ether oxygens (including phenoxy) is 2. The molecule has 4 rings (SSSR count). The molecule has 0 amide bonds. The molecule has 0 heterocycles. The van der Waals surface area contributed by atoms with Gasteiger partial charge in [-0.3, -0.25) is 0 Å². The predicted molar refractivity (Wildman–Crippen MR) is 130 cm³/mol. The SMILES string of the molecule is CCCCc1ccc2c(O)c3ccccc3c(O)c2c1OC(OC)C(C)c1ccccc1. The molecule has 4 heteroatoms. The second-order valence-electron chi connectivity index (χ2n) is 8.24. The lowest BCUT2D eigenvalue weighted by molar-refractivity contribution is -0.0676. The van der Waals surface area contributed by atoms with Crippen LogP contribution in [-0.2, 0) is 11.2 Å². The number of phenols is 2. The molecule has 0 saturated heterocycles. The van der Waals surface area contributed by atoms with Gasteiger partial charge in [-0.05, 0) is 30.0 Å². The van der Waals surface area contributed by atoms with E-state index in [0.29, 0.717) is 27.3 Å². The Balaban J connectivity index is 1.90. The number of unbranched alkanes of at least 4 members (excludes halogenated alkanes) is 1. The number of rotatable bonds is 8. The first kappa shape index (κ1) is 22.0. The minimum Gasteiger partial charge on any atom is -0.507 e. The van der Waals surface area contributed by atoms with Crippen molar-refractivity contribution in [2.24, 2.45) is 0 Å². The van der Waals surface area contributed by atoms with Crippen LogP contribution in [0.5, 0.6) is 17.2 Å². The summed E-state index contributed by atoms with van der Waals surface area (Å²) in [7, 11) is 1.63. The number of phenolic OH excluding ortho intramolecular Hbond substituents is 2. The topological polar surface area (TPSA) is 58.9 Å². The molecule has 0 radical (unpaired) electrons. The second-order valence-corrected chi connectivity index (χ2v) is 8.24.